The van der Waals surface area contributed by atoms with Crippen molar-refractivity contribution in [3.05, 3.63) is 75.6 Å². The first-order chi connectivity index (χ1) is 28.9. The first kappa shape index (κ1) is 39.4. The summed E-state index contributed by atoms with van der Waals surface area (Å²) >= 11 is 0. The zero-order valence-corrected chi connectivity index (χ0v) is 33.9. The van der Waals surface area contributed by atoms with Gasteiger partial charge in [0.1, 0.15) is 18.0 Å². The van der Waals surface area contributed by atoms with Crippen LogP contribution in [0.2, 0.25) is 0 Å². The lowest BCUT2D eigenvalue weighted by atomic mass is 9.93. The van der Waals surface area contributed by atoms with E-state index in [1.807, 2.05) is 30.2 Å². The predicted molar refractivity (Wildman–Crippen MR) is 222 cm³/mol. The first-order valence-corrected chi connectivity index (χ1v) is 20.9. The Morgan fingerprint density at radius 1 is 0.900 bits per heavy atom. The number of pyridine rings is 2. The van der Waals surface area contributed by atoms with Gasteiger partial charge in [-0.25, -0.2) is 14.4 Å². The van der Waals surface area contributed by atoms with E-state index in [1.54, 1.807) is 31.3 Å². The van der Waals surface area contributed by atoms with Gasteiger partial charge in [-0.1, -0.05) is 19.4 Å². The SMILES string of the molecule is C=c1/c(=C(\C)O)c(C)c2cnc(=Nc3ccc(N4CCN(CC5CCN(c6ccc7c(c6)C(=O)N(C6CCC(=O)NC6=O)C7=O)CC5F)CC4)cn3)nc-2n1C1CCCC1. The third-order valence-electron chi connectivity index (χ3n) is 13.0. The van der Waals surface area contributed by atoms with E-state index in [9.17, 15) is 24.3 Å². The number of amides is 4. The summed E-state index contributed by atoms with van der Waals surface area (Å²) in [5.41, 5.74) is 4.12. The Hall–Kier alpha value is -6.03. The highest BCUT2D eigenvalue weighted by Gasteiger charge is 2.45. The zero-order chi connectivity index (χ0) is 41.8. The molecule has 60 heavy (non-hydrogen) atoms. The topological polar surface area (TPSA) is 169 Å². The molecular weight excluding hydrogens is 768 g/mol. The van der Waals surface area contributed by atoms with E-state index in [0.717, 1.165) is 90.0 Å². The van der Waals surface area contributed by atoms with Gasteiger partial charge in [0.05, 0.1) is 28.8 Å². The molecule has 6 aliphatic heterocycles. The molecule has 4 amide bonds. The predicted octanol–water partition coefficient (Wildman–Crippen LogP) is 2.92. The number of aromatic nitrogens is 4. The number of piperidine rings is 2. The number of aliphatic hydroxyl groups is 1. The molecule has 1 aromatic carbocycles. The molecule has 7 aliphatic rings. The number of piperazine rings is 1. The zero-order valence-electron chi connectivity index (χ0n) is 33.9. The van der Waals surface area contributed by atoms with Crippen LogP contribution in [0, 0.1) is 12.8 Å². The second kappa shape index (κ2) is 15.9. The number of carbonyl (C=O) groups is 4. The maximum Gasteiger partial charge on any atom is 0.262 e. The summed E-state index contributed by atoms with van der Waals surface area (Å²) in [6.07, 6.45) is 7.65. The number of anilines is 2. The van der Waals surface area contributed by atoms with Crippen molar-refractivity contribution in [2.45, 2.75) is 77.0 Å². The molecule has 0 spiro atoms. The lowest BCUT2D eigenvalue weighted by Crippen LogP contribution is -2.54. The number of halogens is 1. The fourth-order valence-electron chi connectivity index (χ4n) is 9.80. The van der Waals surface area contributed by atoms with Crippen molar-refractivity contribution < 1.29 is 28.7 Å². The molecule has 312 valence electrons. The van der Waals surface area contributed by atoms with Gasteiger partial charge < -0.3 is 19.5 Å². The molecular formula is C44H49FN10O5. The summed E-state index contributed by atoms with van der Waals surface area (Å²) in [7, 11) is 0. The molecule has 15 nitrogen and oxygen atoms in total. The second-order valence-electron chi connectivity index (χ2n) is 16.7. The number of hydrogen-bond acceptors (Lipinski definition) is 12. The Balaban J connectivity index is 0.807. The first-order valence-electron chi connectivity index (χ1n) is 20.9. The molecule has 1 saturated carbocycles. The number of rotatable bonds is 7. The molecule has 3 atom stereocenters. The summed E-state index contributed by atoms with van der Waals surface area (Å²) in [6, 6.07) is 8.03. The van der Waals surface area contributed by atoms with E-state index in [4.69, 9.17) is 4.98 Å². The molecule has 2 N–H and O–H groups in total. The molecule has 0 bridgehead atoms. The molecule has 4 fully saturated rings. The fraction of sp³-hybridized carbons (Fsp3) is 0.455. The van der Waals surface area contributed by atoms with E-state index in [1.165, 1.54) is 0 Å². The van der Waals surface area contributed by atoms with Gasteiger partial charge in [0.2, 0.25) is 11.8 Å². The van der Waals surface area contributed by atoms with Gasteiger partial charge in [-0.2, -0.15) is 9.98 Å². The standard InChI is InChI=1S/C44H49FN10O5/c1-25-34-22-47-44(50-40(34)54(29-6-4-5-7-29)26(2)39(25)27(3)56)48-37-12-9-31(21-46-37)52-18-16-51(17-19-52)23-28-14-15-53(24-35(28)45)30-8-10-32-33(20-30)43(60)55(42(32)59)36-11-13-38(57)49-41(36)58/h8-10,12,20-22,28-29,35-36,56H,2,4-7,11,13-19,23-24H2,1,3H3,(H,49,57,58)/b39-27+,48-44?. The van der Waals surface area contributed by atoms with Gasteiger partial charge in [-0.15, -0.1) is 0 Å². The average Bonchev–Trinajstić information content (AvgIpc) is 3.85. The third kappa shape index (κ3) is 7.20. The number of benzene rings is 1. The van der Waals surface area contributed by atoms with Gasteiger partial charge in [-0.05, 0) is 75.4 Å². The Morgan fingerprint density at radius 3 is 2.35 bits per heavy atom. The highest BCUT2D eigenvalue weighted by molar-refractivity contribution is 6.23. The van der Waals surface area contributed by atoms with Crippen molar-refractivity contribution in [1.29, 1.82) is 0 Å². The molecule has 7 heterocycles. The van der Waals surface area contributed by atoms with Crippen LogP contribution in [0.3, 0.4) is 0 Å². The van der Waals surface area contributed by atoms with Crippen LogP contribution in [-0.2, 0) is 9.59 Å². The number of fused-ring (bicyclic) bond motifs is 2. The van der Waals surface area contributed by atoms with Crippen LogP contribution in [0.25, 0.3) is 23.7 Å². The van der Waals surface area contributed by atoms with Crippen molar-refractivity contribution in [3.8, 4) is 11.4 Å². The summed E-state index contributed by atoms with van der Waals surface area (Å²) in [5, 5.41) is 14.2. The maximum absolute atomic E-state index is 15.8. The number of aliphatic hydroxyl groups excluding tert-OH is 1. The van der Waals surface area contributed by atoms with Crippen molar-refractivity contribution in [2.24, 2.45) is 10.9 Å². The Bertz CT molecular complexity index is 2540. The third-order valence-corrected chi connectivity index (χ3v) is 13.0. The summed E-state index contributed by atoms with van der Waals surface area (Å²) in [4.78, 5) is 76.8. The van der Waals surface area contributed by atoms with E-state index in [2.05, 4.69) is 41.2 Å². The van der Waals surface area contributed by atoms with Gasteiger partial charge in [-0.3, -0.25) is 34.3 Å². The molecule has 3 saturated heterocycles. The lowest BCUT2D eigenvalue weighted by Gasteiger charge is -2.41. The smallest absolute Gasteiger partial charge is 0.262 e. The van der Waals surface area contributed by atoms with Crippen LogP contribution in [0.15, 0.2) is 47.7 Å². The van der Waals surface area contributed by atoms with Gasteiger partial charge >= 0.3 is 0 Å². The Morgan fingerprint density at radius 2 is 1.65 bits per heavy atom. The van der Waals surface area contributed by atoms with Gasteiger partial charge in [0, 0.05) is 92.2 Å². The number of alkyl halides is 1. The van der Waals surface area contributed by atoms with Crippen LogP contribution in [0.4, 0.5) is 21.6 Å². The molecule has 16 heteroatoms. The van der Waals surface area contributed by atoms with Crippen LogP contribution in [-0.4, -0.2) is 116 Å². The minimum atomic E-state index is -1.08. The Kier molecular flexibility index (Phi) is 10.4. The summed E-state index contributed by atoms with van der Waals surface area (Å²) in [6.45, 7) is 12.6. The minimum Gasteiger partial charge on any atom is -0.512 e. The lowest BCUT2D eigenvalue weighted by molar-refractivity contribution is -0.136. The summed E-state index contributed by atoms with van der Waals surface area (Å²) in [5.74, 6) is -0.843. The molecule has 2 aromatic rings. The number of carbonyl (C=O) groups excluding carboxylic acids is 4. The van der Waals surface area contributed by atoms with E-state index in [0.29, 0.717) is 36.6 Å². The normalized spacial score (nSPS) is 23.8. The highest BCUT2D eigenvalue weighted by Crippen LogP contribution is 2.34. The number of imide groups is 2. The molecule has 1 aliphatic carbocycles. The molecule has 3 unspecified atom stereocenters. The fourth-order valence-corrected chi connectivity index (χ4v) is 9.80. The molecule has 0 radical (unpaired) electrons. The van der Waals surface area contributed by atoms with Gasteiger partial charge in [0.15, 0.2) is 5.82 Å². The van der Waals surface area contributed by atoms with Crippen molar-refractivity contribution >= 4 is 53.2 Å². The van der Waals surface area contributed by atoms with Crippen LogP contribution >= 0.6 is 0 Å². The van der Waals surface area contributed by atoms with E-state index >= 15 is 4.39 Å². The largest absolute Gasteiger partial charge is 0.512 e. The quantitative estimate of drug-likeness (QED) is 0.263. The maximum atomic E-state index is 15.8. The van der Waals surface area contributed by atoms with Crippen molar-refractivity contribution in [1.82, 2.24) is 34.6 Å². The second-order valence-corrected chi connectivity index (χ2v) is 16.7. The Labute approximate surface area is 346 Å². The highest BCUT2D eigenvalue weighted by atomic mass is 19.1. The monoisotopic (exact) mass is 816 g/mol. The van der Waals surface area contributed by atoms with E-state index < -0.39 is 35.8 Å². The van der Waals surface area contributed by atoms with Crippen molar-refractivity contribution in [3.63, 3.8) is 0 Å². The molecule has 1 aromatic heterocycles. The number of hydrogen-bond donors (Lipinski definition) is 2. The number of nitrogens with one attached hydrogen (secondary N) is 1. The van der Waals surface area contributed by atoms with Crippen LogP contribution < -0.4 is 31.3 Å². The molecule has 9 rings (SSSR count). The number of nitrogens with zero attached hydrogens (tertiary/aromatic N) is 9. The van der Waals surface area contributed by atoms with E-state index in [-0.39, 0.29) is 48.2 Å². The van der Waals surface area contributed by atoms with Crippen LogP contribution in [0.5, 0.6) is 0 Å². The van der Waals surface area contributed by atoms with Crippen LogP contribution in [0.1, 0.15) is 84.2 Å². The van der Waals surface area contributed by atoms with Crippen molar-refractivity contribution in [2.75, 3.05) is 55.6 Å². The van der Waals surface area contributed by atoms with Gasteiger partial charge in [0.25, 0.3) is 17.4 Å². The summed E-state index contributed by atoms with van der Waals surface area (Å²) < 4.78 is 18.0. The minimum absolute atomic E-state index is 0.0528. The average molecular weight is 817 g/mol.